The number of fused-ring (bicyclic) bond motifs is 4. The predicted octanol–water partition coefficient (Wildman–Crippen LogP) is 17.6. The summed E-state index contributed by atoms with van der Waals surface area (Å²) in [6.07, 6.45) is 0. The second kappa shape index (κ2) is 16.7. The van der Waals surface area contributed by atoms with Crippen molar-refractivity contribution in [1.82, 2.24) is 4.98 Å². The summed E-state index contributed by atoms with van der Waals surface area (Å²) < 4.78 is 6.60. The van der Waals surface area contributed by atoms with Gasteiger partial charge in [-0.25, -0.2) is 4.98 Å². The molecule has 66 heavy (non-hydrogen) atoms. The quantitative estimate of drug-likeness (QED) is 0.145. The second-order valence-corrected chi connectivity index (χ2v) is 16.8. The predicted molar refractivity (Wildman–Crippen MR) is 276 cm³/mol. The van der Waals surface area contributed by atoms with Crippen molar-refractivity contribution in [2.75, 3.05) is 4.90 Å². The summed E-state index contributed by atoms with van der Waals surface area (Å²) in [7, 11) is 0. The molecule has 11 aromatic carbocycles. The van der Waals surface area contributed by atoms with E-state index in [0.717, 1.165) is 83.4 Å². The Balaban J connectivity index is 0.877. The first-order valence-corrected chi connectivity index (χ1v) is 22.4. The monoisotopic (exact) mass is 842 g/mol. The van der Waals surface area contributed by atoms with Gasteiger partial charge in [-0.15, -0.1) is 0 Å². The first-order valence-electron chi connectivity index (χ1n) is 22.4. The third-order valence-electron chi connectivity index (χ3n) is 12.7. The number of nitrogens with zero attached hydrogens (tertiary/aromatic N) is 2. The topological polar surface area (TPSA) is 29.3 Å². The fraction of sp³-hybridized carbons (Fsp3) is 0. The van der Waals surface area contributed by atoms with Crippen LogP contribution < -0.4 is 4.90 Å². The van der Waals surface area contributed by atoms with Crippen LogP contribution in [0.5, 0.6) is 0 Å². The molecule has 0 spiro atoms. The lowest BCUT2D eigenvalue weighted by Crippen LogP contribution is -2.09. The molecular weight excluding hydrogens is 801 g/mol. The molecule has 1 aromatic heterocycles. The van der Waals surface area contributed by atoms with Crippen LogP contribution in [0.2, 0.25) is 0 Å². The van der Waals surface area contributed by atoms with Gasteiger partial charge in [0.2, 0.25) is 5.89 Å². The van der Waals surface area contributed by atoms with Crippen LogP contribution in [0.1, 0.15) is 0 Å². The Hall–Kier alpha value is -8.79. The Bertz CT molecular complexity index is 3650. The van der Waals surface area contributed by atoms with Gasteiger partial charge < -0.3 is 9.32 Å². The Morgan fingerprint density at radius 2 is 0.758 bits per heavy atom. The van der Waals surface area contributed by atoms with Crippen LogP contribution in [0, 0.1) is 0 Å². The molecule has 0 saturated carbocycles. The summed E-state index contributed by atoms with van der Waals surface area (Å²) in [5, 5.41) is 4.64. The molecule has 12 aromatic rings. The van der Waals surface area contributed by atoms with Crippen LogP contribution in [0.15, 0.2) is 259 Å². The highest BCUT2D eigenvalue weighted by molar-refractivity contribution is 6.06. The minimum absolute atomic E-state index is 0.615. The minimum atomic E-state index is 0.615. The molecule has 0 fully saturated rings. The van der Waals surface area contributed by atoms with Gasteiger partial charge in [-0.1, -0.05) is 182 Å². The van der Waals surface area contributed by atoms with Gasteiger partial charge in [-0.2, -0.15) is 0 Å². The van der Waals surface area contributed by atoms with E-state index < -0.39 is 0 Å². The standard InChI is InChI=1S/C63H42N2O/c1-4-12-43(13-5-1)45-20-24-50(25-21-45)63-64-61-39-33-49-23-27-54(42-60(49)62(61)66-63)58-38-32-53(41-59(58)48-15-6-2-7-16-48)47-30-36-57(37-31-47)65(55-18-8-3-9-19-55)56-34-28-46(29-35-56)52-26-22-44-14-10-11-17-51(44)40-52/h1-42H. The van der Waals surface area contributed by atoms with Crippen molar-refractivity contribution >= 4 is 49.7 Å². The average molecular weight is 843 g/mol. The van der Waals surface area contributed by atoms with Crippen molar-refractivity contribution in [1.29, 1.82) is 0 Å². The van der Waals surface area contributed by atoms with Crippen molar-refractivity contribution < 1.29 is 4.42 Å². The van der Waals surface area contributed by atoms with Crippen LogP contribution in [-0.2, 0) is 0 Å². The number of oxazole rings is 1. The van der Waals surface area contributed by atoms with Gasteiger partial charge in [0.1, 0.15) is 5.52 Å². The highest BCUT2D eigenvalue weighted by Crippen LogP contribution is 2.41. The lowest BCUT2D eigenvalue weighted by molar-refractivity contribution is 0.623. The molecule has 0 aliphatic heterocycles. The molecule has 310 valence electrons. The molecule has 0 saturated heterocycles. The molecule has 0 aliphatic rings. The maximum absolute atomic E-state index is 6.60. The van der Waals surface area contributed by atoms with E-state index in [0.29, 0.717) is 5.89 Å². The van der Waals surface area contributed by atoms with Crippen molar-refractivity contribution in [3.05, 3.63) is 255 Å². The highest BCUT2D eigenvalue weighted by atomic mass is 16.3. The normalized spacial score (nSPS) is 11.3. The third-order valence-corrected chi connectivity index (χ3v) is 12.7. The second-order valence-electron chi connectivity index (χ2n) is 16.8. The molecule has 1 heterocycles. The Kier molecular flexibility index (Phi) is 9.85. The zero-order valence-corrected chi connectivity index (χ0v) is 36.1. The molecule has 0 radical (unpaired) electrons. The smallest absolute Gasteiger partial charge is 0.227 e. The van der Waals surface area contributed by atoms with Crippen LogP contribution in [-0.4, -0.2) is 4.98 Å². The van der Waals surface area contributed by atoms with Crippen molar-refractivity contribution in [3.8, 4) is 67.1 Å². The maximum Gasteiger partial charge on any atom is 0.227 e. The van der Waals surface area contributed by atoms with Gasteiger partial charge in [0.25, 0.3) is 0 Å². The molecule has 3 nitrogen and oxygen atoms in total. The van der Waals surface area contributed by atoms with E-state index in [4.69, 9.17) is 9.40 Å². The zero-order chi connectivity index (χ0) is 43.8. The molecule has 3 heteroatoms. The number of hydrogen-bond donors (Lipinski definition) is 0. The SMILES string of the molecule is c1ccc(-c2ccc(-c3nc4ccc5ccc(-c6ccc(-c7ccc(N(c8ccccc8)c8ccc(-c9ccc%10ccccc%10c9)cc8)cc7)cc6-c6ccccc6)cc5c4o3)cc2)cc1. The van der Waals surface area contributed by atoms with Crippen molar-refractivity contribution in [3.63, 3.8) is 0 Å². The molecule has 0 bridgehead atoms. The summed E-state index contributed by atoms with van der Waals surface area (Å²) in [6, 6.07) is 90.9. The number of benzene rings is 11. The largest absolute Gasteiger partial charge is 0.435 e. The van der Waals surface area contributed by atoms with E-state index in [1.165, 1.54) is 27.5 Å². The number of anilines is 3. The average Bonchev–Trinajstić information content (AvgIpc) is 3.85. The molecule has 0 atom stereocenters. The van der Waals surface area contributed by atoms with Crippen LogP contribution >= 0.6 is 0 Å². The summed E-state index contributed by atoms with van der Waals surface area (Å²) in [5.74, 6) is 0.615. The van der Waals surface area contributed by atoms with Crippen molar-refractivity contribution in [2.24, 2.45) is 0 Å². The van der Waals surface area contributed by atoms with E-state index in [2.05, 4.69) is 254 Å². The van der Waals surface area contributed by atoms with E-state index >= 15 is 0 Å². The fourth-order valence-electron chi connectivity index (χ4n) is 9.26. The Morgan fingerprint density at radius 3 is 1.45 bits per heavy atom. The summed E-state index contributed by atoms with van der Waals surface area (Å²) in [6.45, 7) is 0. The molecule has 0 unspecified atom stereocenters. The lowest BCUT2D eigenvalue weighted by Gasteiger charge is -2.26. The number of aromatic nitrogens is 1. The van der Waals surface area contributed by atoms with Gasteiger partial charge in [0.15, 0.2) is 5.58 Å². The zero-order valence-electron chi connectivity index (χ0n) is 36.1. The highest BCUT2D eigenvalue weighted by Gasteiger charge is 2.17. The lowest BCUT2D eigenvalue weighted by atomic mass is 9.90. The van der Waals surface area contributed by atoms with Gasteiger partial charge in [-0.3, -0.25) is 0 Å². The fourth-order valence-corrected chi connectivity index (χ4v) is 9.26. The van der Waals surface area contributed by atoms with Gasteiger partial charge >= 0.3 is 0 Å². The first-order chi connectivity index (χ1) is 32.7. The third kappa shape index (κ3) is 7.39. The van der Waals surface area contributed by atoms with E-state index in [-0.39, 0.29) is 0 Å². The first kappa shape index (κ1) is 38.9. The minimum Gasteiger partial charge on any atom is -0.435 e. The van der Waals surface area contributed by atoms with Gasteiger partial charge in [-0.05, 0) is 145 Å². The van der Waals surface area contributed by atoms with Crippen LogP contribution in [0.3, 0.4) is 0 Å². The summed E-state index contributed by atoms with van der Waals surface area (Å²) in [5.41, 5.74) is 17.5. The molecule has 0 aliphatic carbocycles. The van der Waals surface area contributed by atoms with E-state index in [1.807, 2.05) is 6.07 Å². The van der Waals surface area contributed by atoms with Crippen molar-refractivity contribution in [2.45, 2.75) is 0 Å². The molecule has 0 N–H and O–H groups in total. The van der Waals surface area contributed by atoms with Gasteiger partial charge in [0, 0.05) is 28.0 Å². The molecule has 0 amide bonds. The maximum atomic E-state index is 6.60. The summed E-state index contributed by atoms with van der Waals surface area (Å²) >= 11 is 0. The summed E-state index contributed by atoms with van der Waals surface area (Å²) in [4.78, 5) is 7.27. The Labute approximate surface area is 384 Å². The van der Waals surface area contributed by atoms with E-state index in [1.54, 1.807) is 0 Å². The van der Waals surface area contributed by atoms with Gasteiger partial charge in [0.05, 0.1) is 0 Å². The number of rotatable bonds is 9. The van der Waals surface area contributed by atoms with Crippen LogP contribution in [0.4, 0.5) is 17.1 Å². The Morgan fingerprint density at radius 1 is 0.288 bits per heavy atom. The molecule has 12 rings (SSSR count). The van der Waals surface area contributed by atoms with Crippen LogP contribution in [0.25, 0.3) is 99.7 Å². The number of hydrogen-bond acceptors (Lipinski definition) is 3. The number of para-hydroxylation sites is 1. The van der Waals surface area contributed by atoms with E-state index in [9.17, 15) is 0 Å². The molecular formula is C63H42N2O.